The predicted molar refractivity (Wildman–Crippen MR) is 103 cm³/mol. The molecule has 6 nitrogen and oxygen atoms in total. The van der Waals surface area contributed by atoms with E-state index in [1.807, 2.05) is 54.6 Å². The summed E-state index contributed by atoms with van der Waals surface area (Å²) < 4.78 is 11.0. The fourth-order valence-electron chi connectivity index (χ4n) is 2.95. The Balaban J connectivity index is 1.47. The van der Waals surface area contributed by atoms with Crippen LogP contribution in [-0.4, -0.2) is 22.7 Å². The minimum Gasteiger partial charge on any atom is -0.493 e. The van der Waals surface area contributed by atoms with Gasteiger partial charge in [0.05, 0.1) is 24.8 Å². The highest BCUT2D eigenvalue weighted by atomic mass is 16.5. The number of nitrogens with zero attached hydrogens (tertiary/aromatic N) is 1. The molecule has 2 N–H and O–H groups in total. The first kappa shape index (κ1) is 16.9. The minimum absolute atomic E-state index is 0.228. The highest BCUT2D eigenvalue weighted by molar-refractivity contribution is 5.89. The fourth-order valence-corrected chi connectivity index (χ4v) is 2.95. The van der Waals surface area contributed by atoms with Crippen LogP contribution in [0.4, 0.5) is 10.5 Å². The molecule has 0 spiro atoms. The van der Waals surface area contributed by atoms with Crippen molar-refractivity contribution in [2.75, 3.05) is 11.9 Å². The molecule has 136 valence electrons. The maximum absolute atomic E-state index is 12.1. The van der Waals surface area contributed by atoms with E-state index < -0.39 is 6.09 Å². The molecule has 0 atom stereocenters. The van der Waals surface area contributed by atoms with Crippen molar-refractivity contribution in [2.24, 2.45) is 0 Å². The van der Waals surface area contributed by atoms with E-state index in [2.05, 4.69) is 15.3 Å². The average Bonchev–Trinajstić information content (AvgIpc) is 3.21. The third kappa shape index (κ3) is 4.17. The van der Waals surface area contributed by atoms with Crippen LogP contribution in [0.1, 0.15) is 23.2 Å². The summed E-state index contributed by atoms with van der Waals surface area (Å²) >= 11 is 0. The van der Waals surface area contributed by atoms with Crippen molar-refractivity contribution in [2.45, 2.75) is 13.0 Å². The number of carbonyl (C=O) groups excluding carboxylic acids is 1. The largest absolute Gasteiger partial charge is 0.493 e. The molecule has 0 radical (unpaired) electrons. The van der Waals surface area contributed by atoms with Gasteiger partial charge in [-0.25, -0.2) is 9.78 Å². The van der Waals surface area contributed by atoms with Crippen LogP contribution in [0.5, 0.6) is 5.75 Å². The second-order valence-corrected chi connectivity index (χ2v) is 6.17. The zero-order chi connectivity index (χ0) is 18.5. The van der Waals surface area contributed by atoms with Gasteiger partial charge in [0, 0.05) is 17.7 Å². The smallest absolute Gasteiger partial charge is 0.411 e. The zero-order valence-electron chi connectivity index (χ0n) is 14.6. The number of H-pyrrole nitrogens is 1. The van der Waals surface area contributed by atoms with Crippen molar-refractivity contribution >= 4 is 23.4 Å². The van der Waals surface area contributed by atoms with Gasteiger partial charge in [-0.2, -0.15) is 0 Å². The number of aromatic amines is 1. The van der Waals surface area contributed by atoms with Crippen LogP contribution in [0.2, 0.25) is 0 Å². The summed E-state index contributed by atoms with van der Waals surface area (Å²) in [5.41, 5.74) is 4.61. The summed E-state index contributed by atoms with van der Waals surface area (Å²) in [6.45, 7) is 0.852. The van der Waals surface area contributed by atoms with Crippen LogP contribution in [0, 0.1) is 0 Å². The van der Waals surface area contributed by atoms with E-state index in [0.717, 1.165) is 34.6 Å². The highest BCUT2D eigenvalue weighted by Gasteiger charge is 2.17. The maximum atomic E-state index is 12.1. The van der Waals surface area contributed by atoms with Crippen LogP contribution in [-0.2, 0) is 11.3 Å². The van der Waals surface area contributed by atoms with E-state index in [1.165, 1.54) is 0 Å². The number of anilines is 1. The van der Waals surface area contributed by atoms with E-state index in [4.69, 9.17) is 9.47 Å². The van der Waals surface area contributed by atoms with E-state index in [-0.39, 0.29) is 6.61 Å². The molecule has 0 aliphatic carbocycles. The van der Waals surface area contributed by atoms with Crippen molar-refractivity contribution in [3.8, 4) is 5.75 Å². The Hall–Kier alpha value is -3.54. The standard InChI is InChI=1S/C21H19N3O3/c25-21(27-13-15-4-2-1-3-5-15)24-17-6-7-20-19(11-17)16(8-9-26-20)10-18-12-22-14-23-18/h1-7,10-12,14H,8-9,13H2,(H,22,23)(H,24,25). The van der Waals surface area contributed by atoms with E-state index in [1.54, 1.807) is 12.5 Å². The monoisotopic (exact) mass is 361 g/mol. The first-order valence-electron chi connectivity index (χ1n) is 8.72. The quantitative estimate of drug-likeness (QED) is 0.718. The maximum Gasteiger partial charge on any atom is 0.411 e. The topological polar surface area (TPSA) is 76.2 Å². The van der Waals surface area contributed by atoms with Gasteiger partial charge >= 0.3 is 6.09 Å². The Bertz CT molecular complexity index is 950. The number of rotatable bonds is 4. The lowest BCUT2D eigenvalue weighted by molar-refractivity contribution is 0.155. The number of hydrogen-bond donors (Lipinski definition) is 2. The summed E-state index contributed by atoms with van der Waals surface area (Å²) in [4.78, 5) is 19.2. The lowest BCUT2D eigenvalue weighted by Gasteiger charge is -2.21. The molecule has 2 heterocycles. The number of fused-ring (bicyclic) bond motifs is 1. The molecule has 0 bridgehead atoms. The number of hydrogen-bond acceptors (Lipinski definition) is 4. The third-order valence-corrected chi connectivity index (χ3v) is 4.26. The SMILES string of the molecule is O=C(Nc1ccc2c(c1)C(=Cc1cnc[nH]1)CCO2)OCc1ccccc1. The van der Waals surface area contributed by atoms with Crippen molar-refractivity contribution in [1.29, 1.82) is 0 Å². The number of ether oxygens (including phenoxy) is 2. The molecule has 2 aromatic carbocycles. The summed E-state index contributed by atoms with van der Waals surface area (Å²) in [5, 5.41) is 2.78. The lowest BCUT2D eigenvalue weighted by atomic mass is 9.98. The summed E-state index contributed by atoms with van der Waals surface area (Å²) in [7, 11) is 0. The number of amides is 1. The molecular formula is C21H19N3O3. The number of aromatic nitrogens is 2. The molecule has 1 aliphatic heterocycles. The van der Waals surface area contributed by atoms with Gasteiger partial charge in [0.25, 0.3) is 0 Å². The van der Waals surface area contributed by atoms with Crippen molar-refractivity contribution < 1.29 is 14.3 Å². The zero-order valence-corrected chi connectivity index (χ0v) is 14.6. The van der Waals surface area contributed by atoms with Crippen molar-refractivity contribution in [1.82, 2.24) is 9.97 Å². The van der Waals surface area contributed by atoms with Gasteiger partial charge in [-0.3, -0.25) is 5.32 Å². The molecule has 1 aromatic heterocycles. The normalized spacial score (nSPS) is 14.3. The number of imidazole rings is 1. The molecule has 4 rings (SSSR count). The number of carbonyl (C=O) groups is 1. The van der Waals surface area contributed by atoms with Gasteiger partial charge in [-0.05, 0) is 35.4 Å². The van der Waals surface area contributed by atoms with Crippen molar-refractivity contribution in [3.05, 3.63) is 77.9 Å². The summed E-state index contributed by atoms with van der Waals surface area (Å²) in [6.07, 6.45) is 5.76. The third-order valence-electron chi connectivity index (χ3n) is 4.26. The summed E-state index contributed by atoms with van der Waals surface area (Å²) in [5.74, 6) is 0.801. The second-order valence-electron chi connectivity index (χ2n) is 6.17. The van der Waals surface area contributed by atoms with Crippen molar-refractivity contribution in [3.63, 3.8) is 0 Å². The van der Waals surface area contributed by atoms with E-state index in [9.17, 15) is 4.79 Å². The van der Waals surface area contributed by atoms with E-state index in [0.29, 0.717) is 12.3 Å². The number of benzene rings is 2. The van der Waals surface area contributed by atoms with Gasteiger partial charge in [0.15, 0.2) is 0 Å². The Kier molecular flexibility index (Phi) is 4.87. The number of nitrogens with one attached hydrogen (secondary N) is 2. The van der Waals surface area contributed by atoms with E-state index >= 15 is 0 Å². The molecule has 27 heavy (non-hydrogen) atoms. The highest BCUT2D eigenvalue weighted by Crippen LogP contribution is 2.35. The van der Waals surface area contributed by atoms with Crippen LogP contribution in [0.3, 0.4) is 0 Å². The Morgan fingerprint density at radius 1 is 1.26 bits per heavy atom. The minimum atomic E-state index is -0.491. The molecule has 0 saturated heterocycles. The second kappa shape index (κ2) is 7.78. The van der Waals surface area contributed by atoms with Gasteiger partial charge in [0.2, 0.25) is 0 Å². The first-order chi connectivity index (χ1) is 13.3. The van der Waals surface area contributed by atoms with Crippen LogP contribution in [0.25, 0.3) is 11.6 Å². The Morgan fingerprint density at radius 2 is 2.15 bits per heavy atom. The molecule has 6 heteroatoms. The fraction of sp³-hybridized carbons (Fsp3) is 0.143. The van der Waals surface area contributed by atoms with Gasteiger partial charge in [0.1, 0.15) is 12.4 Å². The van der Waals surface area contributed by atoms with Crippen LogP contribution >= 0.6 is 0 Å². The molecule has 3 aromatic rings. The molecule has 0 fully saturated rings. The predicted octanol–water partition coefficient (Wildman–Crippen LogP) is 4.48. The average molecular weight is 361 g/mol. The molecule has 0 saturated carbocycles. The van der Waals surface area contributed by atoms with Gasteiger partial charge in [-0.1, -0.05) is 30.3 Å². The molecule has 1 amide bonds. The molecular weight excluding hydrogens is 342 g/mol. The first-order valence-corrected chi connectivity index (χ1v) is 8.72. The molecule has 0 unspecified atom stereocenters. The van der Waals surface area contributed by atoms with Gasteiger partial charge < -0.3 is 14.5 Å². The molecule has 1 aliphatic rings. The Labute approximate surface area is 156 Å². The lowest BCUT2D eigenvalue weighted by Crippen LogP contribution is -2.14. The van der Waals surface area contributed by atoms with Gasteiger partial charge in [-0.15, -0.1) is 0 Å². The Morgan fingerprint density at radius 3 is 2.96 bits per heavy atom. The van der Waals surface area contributed by atoms with Crippen LogP contribution < -0.4 is 10.1 Å². The van der Waals surface area contributed by atoms with Crippen LogP contribution in [0.15, 0.2) is 61.1 Å². The summed E-state index contributed by atoms with van der Waals surface area (Å²) in [6, 6.07) is 15.1.